The van der Waals surface area contributed by atoms with E-state index >= 15 is 0 Å². The van der Waals surface area contributed by atoms with E-state index in [-0.39, 0.29) is 11.9 Å². The fourth-order valence-electron chi connectivity index (χ4n) is 2.73. The van der Waals surface area contributed by atoms with Gasteiger partial charge in [0.2, 0.25) is 0 Å². The molecular weight excluding hydrogens is 245 g/mol. The SMILES string of the molecule is OC1CCCC(CNCC(O)c2ccccc2F)C1. The molecule has 0 spiro atoms. The Kier molecular flexibility index (Phi) is 5.31. The summed E-state index contributed by atoms with van der Waals surface area (Å²) in [5.74, 6) is 0.0847. The van der Waals surface area contributed by atoms with Gasteiger partial charge in [-0.3, -0.25) is 0 Å². The normalized spacial score (nSPS) is 25.2. The zero-order chi connectivity index (χ0) is 13.7. The Morgan fingerprint density at radius 1 is 1.32 bits per heavy atom. The summed E-state index contributed by atoms with van der Waals surface area (Å²) in [4.78, 5) is 0. The van der Waals surface area contributed by atoms with Crippen molar-refractivity contribution in [2.24, 2.45) is 5.92 Å². The third-order valence-corrected chi connectivity index (χ3v) is 3.79. The van der Waals surface area contributed by atoms with Crippen LogP contribution in [0.5, 0.6) is 0 Å². The molecule has 0 amide bonds. The summed E-state index contributed by atoms with van der Waals surface area (Å²) in [6, 6.07) is 6.30. The van der Waals surface area contributed by atoms with Crippen molar-refractivity contribution < 1.29 is 14.6 Å². The molecule has 1 aliphatic carbocycles. The number of benzene rings is 1. The van der Waals surface area contributed by atoms with Gasteiger partial charge in [0.25, 0.3) is 0 Å². The van der Waals surface area contributed by atoms with Crippen molar-refractivity contribution in [1.29, 1.82) is 0 Å². The van der Waals surface area contributed by atoms with Crippen molar-refractivity contribution in [1.82, 2.24) is 5.32 Å². The van der Waals surface area contributed by atoms with E-state index in [1.54, 1.807) is 18.2 Å². The molecule has 3 unspecified atom stereocenters. The minimum Gasteiger partial charge on any atom is -0.393 e. The zero-order valence-corrected chi connectivity index (χ0v) is 11.1. The number of halogens is 1. The number of aliphatic hydroxyl groups is 2. The van der Waals surface area contributed by atoms with Gasteiger partial charge in [-0.1, -0.05) is 24.6 Å². The first kappa shape index (κ1) is 14.4. The highest BCUT2D eigenvalue weighted by Gasteiger charge is 2.20. The van der Waals surface area contributed by atoms with Gasteiger partial charge >= 0.3 is 0 Å². The van der Waals surface area contributed by atoms with Gasteiger partial charge < -0.3 is 15.5 Å². The molecule has 4 heteroatoms. The summed E-state index contributed by atoms with van der Waals surface area (Å²) < 4.78 is 13.5. The molecule has 3 nitrogen and oxygen atoms in total. The van der Waals surface area contributed by atoms with Crippen LogP contribution in [0.15, 0.2) is 24.3 Å². The molecule has 0 bridgehead atoms. The molecule has 1 aromatic carbocycles. The van der Waals surface area contributed by atoms with Crippen molar-refractivity contribution in [3.05, 3.63) is 35.6 Å². The lowest BCUT2D eigenvalue weighted by Gasteiger charge is -2.26. The van der Waals surface area contributed by atoms with Crippen LogP contribution in [0.1, 0.15) is 37.4 Å². The predicted molar refractivity (Wildman–Crippen MR) is 72.2 cm³/mol. The van der Waals surface area contributed by atoms with Crippen LogP contribution in [0.25, 0.3) is 0 Å². The monoisotopic (exact) mass is 267 g/mol. The van der Waals surface area contributed by atoms with Crippen molar-refractivity contribution in [3.8, 4) is 0 Å². The first-order valence-electron chi connectivity index (χ1n) is 6.98. The molecule has 3 atom stereocenters. The van der Waals surface area contributed by atoms with Crippen LogP contribution < -0.4 is 5.32 Å². The van der Waals surface area contributed by atoms with Crippen molar-refractivity contribution in [2.75, 3.05) is 13.1 Å². The Bertz CT molecular complexity index is 399. The maximum absolute atomic E-state index is 13.5. The number of aliphatic hydroxyl groups excluding tert-OH is 2. The first-order valence-corrected chi connectivity index (χ1v) is 6.98. The largest absolute Gasteiger partial charge is 0.393 e. The molecule has 1 aliphatic rings. The topological polar surface area (TPSA) is 52.5 Å². The Labute approximate surface area is 113 Å². The van der Waals surface area contributed by atoms with Crippen LogP contribution in [-0.2, 0) is 0 Å². The van der Waals surface area contributed by atoms with Gasteiger partial charge in [0, 0.05) is 12.1 Å². The van der Waals surface area contributed by atoms with E-state index in [1.807, 2.05) is 0 Å². The fourth-order valence-corrected chi connectivity index (χ4v) is 2.73. The fraction of sp³-hybridized carbons (Fsp3) is 0.600. The summed E-state index contributed by atoms with van der Waals surface area (Å²) in [5, 5.41) is 22.7. The van der Waals surface area contributed by atoms with E-state index < -0.39 is 6.10 Å². The molecule has 1 aromatic rings. The summed E-state index contributed by atoms with van der Waals surface area (Å²) in [7, 11) is 0. The Balaban J connectivity index is 1.75. The maximum atomic E-state index is 13.5. The number of nitrogens with one attached hydrogen (secondary N) is 1. The highest BCUT2D eigenvalue weighted by atomic mass is 19.1. The van der Waals surface area contributed by atoms with Gasteiger partial charge in [-0.05, 0) is 37.8 Å². The summed E-state index contributed by atoms with van der Waals surface area (Å²) in [6.45, 7) is 1.11. The van der Waals surface area contributed by atoms with E-state index in [0.29, 0.717) is 18.0 Å². The van der Waals surface area contributed by atoms with Gasteiger partial charge in [-0.25, -0.2) is 4.39 Å². The lowest BCUT2D eigenvalue weighted by atomic mass is 9.87. The van der Waals surface area contributed by atoms with Gasteiger partial charge in [0.05, 0.1) is 12.2 Å². The lowest BCUT2D eigenvalue weighted by molar-refractivity contribution is 0.0981. The standard InChI is InChI=1S/C15H22FNO2/c16-14-7-2-1-6-13(14)15(19)10-17-9-11-4-3-5-12(18)8-11/h1-2,6-7,11-12,15,17-19H,3-5,8-10H2. The van der Waals surface area contributed by atoms with Crippen molar-refractivity contribution in [2.45, 2.75) is 37.9 Å². The summed E-state index contributed by atoms with van der Waals surface area (Å²) in [6.07, 6.45) is 2.88. The quantitative estimate of drug-likeness (QED) is 0.765. The molecule has 1 saturated carbocycles. The van der Waals surface area contributed by atoms with E-state index in [4.69, 9.17) is 0 Å². The average Bonchev–Trinajstić information content (AvgIpc) is 2.39. The van der Waals surface area contributed by atoms with Crippen LogP contribution in [-0.4, -0.2) is 29.4 Å². The molecule has 106 valence electrons. The summed E-state index contributed by atoms with van der Waals surface area (Å²) in [5.41, 5.74) is 0.332. The zero-order valence-electron chi connectivity index (χ0n) is 11.1. The molecule has 0 aliphatic heterocycles. The molecule has 0 aromatic heterocycles. The third kappa shape index (κ3) is 4.27. The molecule has 3 N–H and O–H groups in total. The molecule has 2 rings (SSSR count). The van der Waals surface area contributed by atoms with Crippen molar-refractivity contribution >= 4 is 0 Å². The maximum Gasteiger partial charge on any atom is 0.129 e. The second kappa shape index (κ2) is 6.98. The Morgan fingerprint density at radius 2 is 2.11 bits per heavy atom. The lowest BCUT2D eigenvalue weighted by Crippen LogP contribution is -2.31. The minimum atomic E-state index is -0.824. The molecule has 0 radical (unpaired) electrons. The van der Waals surface area contributed by atoms with Gasteiger partial charge in [0.1, 0.15) is 5.82 Å². The summed E-state index contributed by atoms with van der Waals surface area (Å²) >= 11 is 0. The van der Waals surface area contributed by atoms with Crippen molar-refractivity contribution in [3.63, 3.8) is 0 Å². The molecular formula is C15H22FNO2. The number of rotatable bonds is 5. The molecule has 0 saturated heterocycles. The third-order valence-electron chi connectivity index (χ3n) is 3.79. The van der Waals surface area contributed by atoms with Crippen LogP contribution in [0.4, 0.5) is 4.39 Å². The van der Waals surface area contributed by atoms with Gasteiger partial charge in [-0.15, -0.1) is 0 Å². The van der Waals surface area contributed by atoms with Crippen LogP contribution >= 0.6 is 0 Å². The number of hydrogen-bond donors (Lipinski definition) is 3. The highest BCUT2D eigenvalue weighted by Crippen LogP contribution is 2.23. The molecule has 0 heterocycles. The van der Waals surface area contributed by atoms with E-state index in [9.17, 15) is 14.6 Å². The van der Waals surface area contributed by atoms with E-state index in [1.165, 1.54) is 6.07 Å². The first-order chi connectivity index (χ1) is 9.16. The van der Waals surface area contributed by atoms with E-state index in [0.717, 1.165) is 32.2 Å². The van der Waals surface area contributed by atoms with Gasteiger partial charge in [-0.2, -0.15) is 0 Å². The Hall–Kier alpha value is -0.970. The number of hydrogen-bond acceptors (Lipinski definition) is 3. The predicted octanol–water partition coefficient (Wildman–Crippen LogP) is 2.00. The second-order valence-electron chi connectivity index (χ2n) is 5.38. The van der Waals surface area contributed by atoms with Crippen LogP contribution in [0.3, 0.4) is 0 Å². The average molecular weight is 267 g/mol. The van der Waals surface area contributed by atoms with Gasteiger partial charge in [0.15, 0.2) is 0 Å². The second-order valence-corrected chi connectivity index (χ2v) is 5.38. The van der Waals surface area contributed by atoms with Crippen LogP contribution in [0.2, 0.25) is 0 Å². The Morgan fingerprint density at radius 3 is 2.84 bits per heavy atom. The van der Waals surface area contributed by atoms with E-state index in [2.05, 4.69) is 5.32 Å². The highest BCUT2D eigenvalue weighted by molar-refractivity contribution is 5.19. The molecule has 1 fully saturated rings. The molecule has 19 heavy (non-hydrogen) atoms. The smallest absolute Gasteiger partial charge is 0.129 e. The minimum absolute atomic E-state index is 0.183. The van der Waals surface area contributed by atoms with Crippen LogP contribution in [0, 0.1) is 11.7 Å².